The Labute approximate surface area is 103 Å². The smallest absolute Gasteiger partial charge is 0.364 e. The molecule has 1 aromatic rings. The number of fused-ring (bicyclic) bond motifs is 3. The number of benzene rings is 1. The summed E-state index contributed by atoms with van der Waals surface area (Å²) in [6, 6.07) is 7.29. The van der Waals surface area contributed by atoms with Crippen LogP contribution in [0.3, 0.4) is 0 Å². The molecule has 2 aliphatic rings. The van der Waals surface area contributed by atoms with E-state index in [0.717, 1.165) is 11.1 Å². The van der Waals surface area contributed by atoms with E-state index >= 15 is 0 Å². The van der Waals surface area contributed by atoms with Crippen LogP contribution in [-0.4, -0.2) is 16.8 Å². The van der Waals surface area contributed by atoms with Gasteiger partial charge in [0.1, 0.15) is 12.2 Å². The predicted octanol–water partition coefficient (Wildman–Crippen LogP) is 0.345. The number of ether oxygens (including phenoxy) is 1. The van der Waals surface area contributed by atoms with Crippen molar-refractivity contribution in [2.45, 2.75) is 24.7 Å². The summed E-state index contributed by atoms with van der Waals surface area (Å²) in [5, 5.41) is 0. The molecule has 0 aliphatic carbocycles. The van der Waals surface area contributed by atoms with Crippen molar-refractivity contribution in [3.05, 3.63) is 35.4 Å². The molecule has 0 amide bonds. The summed E-state index contributed by atoms with van der Waals surface area (Å²) in [6.07, 6.45) is -1.64. The number of hydrogen-bond acceptors (Lipinski definition) is 6. The molecule has 2 heterocycles. The minimum atomic E-state index is -4.28. The van der Waals surface area contributed by atoms with E-state index in [2.05, 4.69) is 4.52 Å². The Morgan fingerprint density at radius 1 is 1.39 bits per heavy atom. The van der Waals surface area contributed by atoms with Gasteiger partial charge in [-0.2, -0.15) is 0 Å². The third kappa shape index (κ3) is 1.90. The van der Waals surface area contributed by atoms with E-state index in [9.17, 15) is 9.46 Å². The van der Waals surface area contributed by atoms with Gasteiger partial charge in [0, 0.05) is 0 Å². The lowest BCUT2D eigenvalue weighted by atomic mass is 9.94. The average Bonchev–Trinajstić information content (AvgIpc) is 2.26. The van der Waals surface area contributed by atoms with E-state index in [-0.39, 0.29) is 0 Å². The van der Waals surface area contributed by atoms with Gasteiger partial charge >= 0.3 is 7.82 Å². The molecule has 18 heavy (non-hydrogen) atoms. The van der Waals surface area contributed by atoms with Crippen molar-refractivity contribution in [2.75, 3.05) is 0 Å². The summed E-state index contributed by atoms with van der Waals surface area (Å²) in [6.45, 7) is 0.302. The van der Waals surface area contributed by atoms with Crippen molar-refractivity contribution < 1.29 is 23.2 Å². The van der Waals surface area contributed by atoms with Crippen LogP contribution in [-0.2, 0) is 25.0 Å². The summed E-state index contributed by atoms with van der Waals surface area (Å²) in [4.78, 5) is 9.47. The third-order valence-corrected chi connectivity index (χ3v) is 4.06. The first-order valence-electron chi connectivity index (χ1n) is 5.38. The van der Waals surface area contributed by atoms with Crippen LogP contribution in [0.2, 0.25) is 0 Å². The van der Waals surface area contributed by atoms with E-state index in [1.807, 2.05) is 12.1 Å². The van der Waals surface area contributed by atoms with E-state index < -0.39 is 25.9 Å². The molecule has 0 spiro atoms. The lowest BCUT2D eigenvalue weighted by Crippen LogP contribution is -2.65. The standard InChI is InChI=1S/C10H13N2O5P/c11-10(12)9-8(16-18(13,14)17-10)7-4-2-1-3-6(7)5-15-9/h1-4,8-9H,5,11-12H2,(H,13,14). The van der Waals surface area contributed by atoms with Gasteiger partial charge in [0.15, 0.2) is 0 Å². The Morgan fingerprint density at radius 2 is 2.11 bits per heavy atom. The van der Waals surface area contributed by atoms with Gasteiger partial charge in [0.05, 0.1) is 6.61 Å². The Balaban J connectivity index is 2.07. The first-order chi connectivity index (χ1) is 8.39. The van der Waals surface area contributed by atoms with E-state index in [1.165, 1.54) is 0 Å². The molecule has 3 unspecified atom stereocenters. The van der Waals surface area contributed by atoms with E-state index in [4.69, 9.17) is 20.7 Å². The Kier molecular flexibility index (Phi) is 2.62. The van der Waals surface area contributed by atoms with Crippen molar-refractivity contribution >= 4 is 7.82 Å². The average molecular weight is 272 g/mol. The first-order valence-corrected chi connectivity index (χ1v) is 6.88. The second kappa shape index (κ2) is 3.85. The van der Waals surface area contributed by atoms with Crippen molar-refractivity contribution in [1.29, 1.82) is 0 Å². The summed E-state index contributed by atoms with van der Waals surface area (Å²) < 4.78 is 26.8. The number of phosphoric acid groups is 1. The van der Waals surface area contributed by atoms with Crippen molar-refractivity contribution in [2.24, 2.45) is 11.5 Å². The SMILES string of the molecule is NC1(N)OP(=O)(O)OC2c3ccccc3COC21. The van der Waals surface area contributed by atoms with Crippen LogP contribution < -0.4 is 11.5 Å². The minimum absolute atomic E-state index is 0.302. The summed E-state index contributed by atoms with van der Waals surface area (Å²) in [5.41, 5.74) is 13.0. The van der Waals surface area contributed by atoms with E-state index in [0.29, 0.717) is 6.61 Å². The second-order valence-corrected chi connectivity index (χ2v) is 5.70. The Bertz CT molecular complexity index is 535. The maximum Gasteiger partial charge on any atom is 0.475 e. The quantitative estimate of drug-likeness (QED) is 0.460. The van der Waals surface area contributed by atoms with E-state index in [1.54, 1.807) is 12.1 Å². The molecule has 98 valence electrons. The zero-order valence-electron chi connectivity index (χ0n) is 9.35. The minimum Gasteiger partial charge on any atom is -0.364 e. The zero-order chi connectivity index (χ0) is 13.0. The Hall–Kier alpha value is -0.790. The molecule has 1 saturated heterocycles. The molecule has 0 aromatic heterocycles. The molecule has 0 bridgehead atoms. The predicted molar refractivity (Wildman–Crippen MR) is 60.9 cm³/mol. The number of rotatable bonds is 0. The fraction of sp³-hybridized carbons (Fsp3) is 0.400. The van der Waals surface area contributed by atoms with Crippen molar-refractivity contribution in [1.82, 2.24) is 0 Å². The van der Waals surface area contributed by atoms with Crippen LogP contribution in [0.1, 0.15) is 17.2 Å². The summed E-state index contributed by atoms with van der Waals surface area (Å²) in [7, 11) is -4.28. The monoisotopic (exact) mass is 272 g/mol. The van der Waals surface area contributed by atoms with Crippen LogP contribution >= 0.6 is 7.82 Å². The molecule has 1 aromatic carbocycles. The third-order valence-electron chi connectivity index (χ3n) is 3.02. The molecule has 8 heteroatoms. The van der Waals surface area contributed by atoms with Crippen LogP contribution in [0.15, 0.2) is 24.3 Å². The normalized spacial score (nSPS) is 37.7. The fourth-order valence-corrected chi connectivity index (χ4v) is 3.33. The lowest BCUT2D eigenvalue weighted by Gasteiger charge is -2.45. The summed E-state index contributed by atoms with van der Waals surface area (Å²) in [5.74, 6) is -1.86. The molecule has 3 atom stereocenters. The molecule has 2 aliphatic heterocycles. The Morgan fingerprint density at radius 3 is 2.89 bits per heavy atom. The number of phosphoric ester groups is 1. The maximum absolute atomic E-state index is 11.6. The summed E-state index contributed by atoms with van der Waals surface area (Å²) >= 11 is 0. The van der Waals surface area contributed by atoms with Gasteiger partial charge in [0.25, 0.3) is 0 Å². The van der Waals surface area contributed by atoms with Crippen LogP contribution in [0.4, 0.5) is 0 Å². The van der Waals surface area contributed by atoms with Gasteiger partial charge in [-0.1, -0.05) is 24.3 Å². The van der Waals surface area contributed by atoms with Crippen LogP contribution in [0.25, 0.3) is 0 Å². The van der Waals surface area contributed by atoms with Crippen LogP contribution in [0.5, 0.6) is 0 Å². The highest BCUT2D eigenvalue weighted by Crippen LogP contribution is 2.57. The number of nitrogens with two attached hydrogens (primary N) is 2. The topological polar surface area (TPSA) is 117 Å². The second-order valence-electron chi connectivity index (χ2n) is 4.37. The van der Waals surface area contributed by atoms with Gasteiger partial charge in [0.2, 0.25) is 5.85 Å². The van der Waals surface area contributed by atoms with Gasteiger partial charge < -0.3 is 9.63 Å². The van der Waals surface area contributed by atoms with Gasteiger partial charge in [-0.15, -0.1) is 0 Å². The highest BCUT2D eigenvalue weighted by Gasteiger charge is 2.54. The highest BCUT2D eigenvalue weighted by atomic mass is 31.2. The first kappa shape index (κ1) is 12.3. The van der Waals surface area contributed by atoms with Crippen molar-refractivity contribution in [3.63, 3.8) is 0 Å². The largest absolute Gasteiger partial charge is 0.475 e. The molecule has 7 nitrogen and oxygen atoms in total. The van der Waals surface area contributed by atoms with Gasteiger partial charge in [-0.05, 0) is 11.1 Å². The molecular formula is C10H13N2O5P. The number of hydrogen-bond donors (Lipinski definition) is 3. The molecule has 3 rings (SSSR count). The maximum atomic E-state index is 11.6. The molecule has 0 saturated carbocycles. The van der Waals surface area contributed by atoms with Gasteiger partial charge in [-0.3, -0.25) is 16.0 Å². The molecule has 1 fully saturated rings. The van der Waals surface area contributed by atoms with Gasteiger partial charge in [-0.25, -0.2) is 9.09 Å². The zero-order valence-corrected chi connectivity index (χ0v) is 10.2. The molecular weight excluding hydrogens is 259 g/mol. The van der Waals surface area contributed by atoms with Crippen LogP contribution in [0, 0.1) is 0 Å². The lowest BCUT2D eigenvalue weighted by molar-refractivity contribution is -0.190. The molecule has 5 N–H and O–H groups in total. The van der Waals surface area contributed by atoms with Crippen molar-refractivity contribution in [3.8, 4) is 0 Å². The fourth-order valence-electron chi connectivity index (χ4n) is 2.27. The highest BCUT2D eigenvalue weighted by molar-refractivity contribution is 7.47. The molecule has 0 radical (unpaired) electrons.